The number of ether oxygens (including phenoxy) is 2. The zero-order chi connectivity index (χ0) is 35.1. The molecule has 0 fully saturated rings. The monoisotopic (exact) mass is 693 g/mol. The highest BCUT2D eigenvalue weighted by Crippen LogP contribution is 2.43. The predicted molar refractivity (Wildman–Crippen MR) is 192 cm³/mol. The number of rotatable bonds is 35. The molecule has 0 heterocycles. The van der Waals surface area contributed by atoms with Gasteiger partial charge in [-0.1, -0.05) is 149 Å². The minimum Gasteiger partial charge on any atom is -0.462 e. The van der Waals surface area contributed by atoms with E-state index < -0.39 is 26.5 Å². The molecule has 280 valence electrons. The third kappa shape index (κ3) is 34.7. The number of esters is 2. The van der Waals surface area contributed by atoms with Crippen molar-refractivity contribution in [3.05, 3.63) is 0 Å². The third-order valence-electron chi connectivity index (χ3n) is 8.39. The largest absolute Gasteiger partial charge is 0.472 e. The van der Waals surface area contributed by atoms with E-state index in [0.717, 1.165) is 32.1 Å². The quantitative estimate of drug-likeness (QED) is 0.0303. The number of likely N-dealkylation sites (N-methyl/N-ethyl adjacent to an activating group) is 1. The molecule has 9 nitrogen and oxygen atoms in total. The van der Waals surface area contributed by atoms with Crippen molar-refractivity contribution in [2.24, 2.45) is 0 Å². The maximum absolute atomic E-state index is 12.6. The van der Waals surface area contributed by atoms with Crippen LogP contribution in [0.1, 0.15) is 174 Å². The molecule has 0 amide bonds. The van der Waals surface area contributed by atoms with Crippen LogP contribution in [0.2, 0.25) is 0 Å². The molecule has 0 aromatic heterocycles. The first-order chi connectivity index (χ1) is 22.5. The number of unbranched alkanes of at least 4 members (excludes halogenated alkanes) is 21. The Morgan fingerprint density at radius 1 is 0.574 bits per heavy atom. The summed E-state index contributed by atoms with van der Waals surface area (Å²) in [7, 11) is 1.49. The molecule has 47 heavy (non-hydrogen) atoms. The Morgan fingerprint density at radius 3 is 1.36 bits per heavy atom. The van der Waals surface area contributed by atoms with Gasteiger partial charge in [-0.3, -0.25) is 18.6 Å². The molecule has 2 unspecified atom stereocenters. The van der Waals surface area contributed by atoms with Gasteiger partial charge in [0.15, 0.2) is 6.10 Å². The van der Waals surface area contributed by atoms with Gasteiger partial charge in [-0.2, -0.15) is 0 Å². The zero-order valence-corrected chi connectivity index (χ0v) is 32.2. The molecule has 0 aliphatic rings. The Morgan fingerprint density at radius 2 is 0.957 bits per heavy atom. The average molecular weight is 693 g/mol. The van der Waals surface area contributed by atoms with E-state index in [-0.39, 0.29) is 25.6 Å². The number of hydrogen-bond donors (Lipinski definition) is 1. The van der Waals surface area contributed by atoms with Crippen LogP contribution in [-0.2, 0) is 32.7 Å². The van der Waals surface area contributed by atoms with Crippen molar-refractivity contribution >= 4 is 19.8 Å². The molecule has 0 saturated heterocycles. The molecule has 0 saturated carbocycles. The summed E-state index contributed by atoms with van der Waals surface area (Å²) >= 11 is 0. The van der Waals surface area contributed by atoms with Crippen LogP contribution in [0.25, 0.3) is 0 Å². The summed E-state index contributed by atoms with van der Waals surface area (Å²) < 4.78 is 34.1. The molecular weight excluding hydrogens is 617 g/mol. The second kappa shape index (κ2) is 31.0. The number of quaternary nitrogens is 1. The van der Waals surface area contributed by atoms with Crippen molar-refractivity contribution in [2.75, 3.05) is 47.5 Å². The number of phosphoric acid groups is 1. The summed E-state index contributed by atoms with van der Waals surface area (Å²) in [6.07, 6.45) is 27.1. The summed E-state index contributed by atoms with van der Waals surface area (Å²) in [6.45, 7) is 4.41. The van der Waals surface area contributed by atoms with Crippen LogP contribution in [0.5, 0.6) is 0 Å². The van der Waals surface area contributed by atoms with Gasteiger partial charge in [-0.25, -0.2) is 4.57 Å². The minimum atomic E-state index is -4.36. The molecule has 0 aliphatic carbocycles. The molecule has 0 aliphatic heterocycles. The Balaban J connectivity index is 4.42. The third-order valence-corrected chi connectivity index (χ3v) is 9.37. The van der Waals surface area contributed by atoms with Gasteiger partial charge >= 0.3 is 19.8 Å². The average Bonchev–Trinajstić information content (AvgIpc) is 3.01. The van der Waals surface area contributed by atoms with Crippen molar-refractivity contribution in [1.82, 2.24) is 0 Å². The molecule has 0 rings (SSSR count). The van der Waals surface area contributed by atoms with Crippen molar-refractivity contribution in [1.29, 1.82) is 0 Å². The van der Waals surface area contributed by atoms with Crippen LogP contribution in [0.15, 0.2) is 0 Å². The van der Waals surface area contributed by atoms with Crippen LogP contribution in [0.3, 0.4) is 0 Å². The smallest absolute Gasteiger partial charge is 0.462 e. The highest BCUT2D eigenvalue weighted by Gasteiger charge is 2.27. The van der Waals surface area contributed by atoms with E-state index in [1.807, 2.05) is 21.1 Å². The zero-order valence-electron chi connectivity index (χ0n) is 31.3. The van der Waals surface area contributed by atoms with Gasteiger partial charge in [0, 0.05) is 12.8 Å². The van der Waals surface area contributed by atoms with Crippen LogP contribution < -0.4 is 0 Å². The van der Waals surface area contributed by atoms with E-state index in [9.17, 15) is 19.0 Å². The molecular formula is C37H75NO8P+. The lowest BCUT2D eigenvalue weighted by Gasteiger charge is -2.24. The minimum absolute atomic E-state index is 0.0363. The fourth-order valence-corrected chi connectivity index (χ4v) is 6.05. The highest BCUT2D eigenvalue weighted by atomic mass is 31.2. The fraction of sp³-hybridized carbons (Fsp3) is 0.946. The highest BCUT2D eigenvalue weighted by molar-refractivity contribution is 7.47. The van der Waals surface area contributed by atoms with Crippen molar-refractivity contribution in [3.63, 3.8) is 0 Å². The molecule has 1 N–H and O–H groups in total. The van der Waals surface area contributed by atoms with Crippen LogP contribution >= 0.6 is 7.82 Å². The first-order valence-electron chi connectivity index (χ1n) is 19.3. The lowest BCUT2D eigenvalue weighted by Crippen LogP contribution is -2.37. The number of hydrogen-bond acceptors (Lipinski definition) is 7. The molecule has 0 bridgehead atoms. The summed E-state index contributed by atoms with van der Waals surface area (Å²) in [5.74, 6) is -0.792. The summed E-state index contributed by atoms with van der Waals surface area (Å²) in [4.78, 5) is 35.1. The second-order valence-electron chi connectivity index (χ2n) is 14.3. The van der Waals surface area contributed by atoms with E-state index in [1.54, 1.807) is 0 Å². The van der Waals surface area contributed by atoms with Gasteiger partial charge in [0.25, 0.3) is 0 Å². The van der Waals surface area contributed by atoms with E-state index in [1.165, 1.54) is 109 Å². The van der Waals surface area contributed by atoms with Crippen LogP contribution in [0, 0.1) is 0 Å². The molecule has 2 atom stereocenters. The maximum Gasteiger partial charge on any atom is 0.472 e. The van der Waals surface area contributed by atoms with Gasteiger partial charge in [0.2, 0.25) is 0 Å². The predicted octanol–water partition coefficient (Wildman–Crippen LogP) is 10.1. The van der Waals surface area contributed by atoms with E-state index in [4.69, 9.17) is 18.5 Å². The molecule has 0 radical (unpaired) electrons. The van der Waals surface area contributed by atoms with Crippen molar-refractivity contribution in [2.45, 2.75) is 180 Å². The number of nitrogens with zero attached hydrogens (tertiary/aromatic N) is 1. The van der Waals surface area contributed by atoms with Gasteiger partial charge in [0.1, 0.15) is 19.8 Å². The van der Waals surface area contributed by atoms with Gasteiger partial charge in [-0.05, 0) is 12.8 Å². The second-order valence-corrected chi connectivity index (χ2v) is 15.8. The fourth-order valence-electron chi connectivity index (χ4n) is 5.31. The Hall–Kier alpha value is -0.990. The van der Waals surface area contributed by atoms with Crippen molar-refractivity contribution in [3.8, 4) is 0 Å². The van der Waals surface area contributed by atoms with E-state index >= 15 is 0 Å². The lowest BCUT2D eigenvalue weighted by atomic mass is 10.0. The van der Waals surface area contributed by atoms with E-state index in [2.05, 4.69) is 13.8 Å². The van der Waals surface area contributed by atoms with Gasteiger partial charge in [-0.15, -0.1) is 0 Å². The normalized spacial score (nSPS) is 13.7. The van der Waals surface area contributed by atoms with Crippen LogP contribution in [-0.4, -0.2) is 74.9 Å². The molecule has 10 heteroatoms. The molecule has 0 aromatic rings. The summed E-state index contributed by atoms with van der Waals surface area (Å²) in [5, 5.41) is 0. The summed E-state index contributed by atoms with van der Waals surface area (Å²) in [6, 6.07) is 0. The number of phosphoric ester groups is 1. The standard InChI is InChI=1S/C37H74NO8P/c1-6-8-10-12-14-16-18-20-22-24-26-28-30-37(40)46-35(34-45-47(41,42)44-32-31-38(3,4)5)33-43-36(39)29-27-25-23-21-19-17-15-13-11-9-7-2/h35H,6-34H2,1-5H3/p+1. The number of carbonyl (C=O) groups is 2. The first-order valence-corrected chi connectivity index (χ1v) is 20.8. The topological polar surface area (TPSA) is 108 Å². The van der Waals surface area contributed by atoms with Gasteiger partial charge < -0.3 is 18.9 Å². The van der Waals surface area contributed by atoms with Crippen LogP contribution in [0.4, 0.5) is 0 Å². The van der Waals surface area contributed by atoms with E-state index in [0.29, 0.717) is 23.9 Å². The Labute approximate surface area is 289 Å². The van der Waals surface area contributed by atoms with Crippen molar-refractivity contribution < 1.29 is 42.1 Å². The first kappa shape index (κ1) is 46.0. The lowest BCUT2D eigenvalue weighted by molar-refractivity contribution is -0.870. The molecule has 0 spiro atoms. The Bertz CT molecular complexity index is 789. The van der Waals surface area contributed by atoms with Gasteiger partial charge in [0.05, 0.1) is 27.7 Å². The number of carbonyl (C=O) groups excluding carboxylic acids is 2. The molecule has 0 aromatic carbocycles. The summed E-state index contributed by atoms with van der Waals surface area (Å²) in [5.41, 5.74) is 0. The maximum atomic E-state index is 12.6. The SMILES string of the molecule is CCCCCCCCCCCCCCC(=O)OC(COC(=O)CCCCCCCCCCCCC)COP(=O)(O)OCC[N+](C)(C)C. The Kier molecular flexibility index (Phi) is 30.4.